The maximum absolute atomic E-state index is 12.0. The number of carbonyl (C=O) groups is 1. The summed E-state index contributed by atoms with van der Waals surface area (Å²) in [6.07, 6.45) is 0. The minimum Gasteiger partial charge on any atom is -0.344 e. The molecule has 0 aliphatic carbocycles. The van der Waals surface area contributed by atoms with Crippen molar-refractivity contribution in [1.29, 1.82) is 5.26 Å². The lowest BCUT2D eigenvalue weighted by molar-refractivity contribution is -0.00301. The van der Waals surface area contributed by atoms with Gasteiger partial charge in [-0.1, -0.05) is 0 Å². The van der Waals surface area contributed by atoms with Gasteiger partial charge in [-0.2, -0.15) is 5.26 Å². The van der Waals surface area contributed by atoms with Crippen LogP contribution >= 0.6 is 11.3 Å². The number of ether oxygens (including phenoxy) is 1. The fraction of sp³-hybridized carbons (Fsp3) is 0.545. The summed E-state index contributed by atoms with van der Waals surface area (Å²) in [6, 6.07) is 1.94. The van der Waals surface area contributed by atoms with Gasteiger partial charge in [0.25, 0.3) is 5.91 Å². The second kappa shape index (κ2) is 5.25. The van der Waals surface area contributed by atoms with E-state index in [-0.39, 0.29) is 5.91 Å². The van der Waals surface area contributed by atoms with Gasteiger partial charge in [-0.05, 0) is 27.7 Å². The van der Waals surface area contributed by atoms with E-state index >= 15 is 0 Å². The first-order chi connectivity index (χ1) is 7.91. The summed E-state index contributed by atoms with van der Waals surface area (Å²) in [4.78, 5) is 16.6. The molecule has 17 heavy (non-hydrogen) atoms. The summed E-state index contributed by atoms with van der Waals surface area (Å²) in [5.74, 6) is -0.328. The Kier molecular flexibility index (Phi) is 4.21. The van der Waals surface area contributed by atoms with Crippen LogP contribution in [-0.4, -0.2) is 23.2 Å². The Balaban J connectivity index is 2.86. The van der Waals surface area contributed by atoms with Crippen LogP contribution in [0.5, 0.6) is 0 Å². The Morgan fingerprint density at radius 3 is 2.71 bits per heavy atom. The van der Waals surface area contributed by atoms with Crippen molar-refractivity contribution in [2.75, 3.05) is 6.61 Å². The van der Waals surface area contributed by atoms with E-state index in [0.717, 1.165) is 5.01 Å². The van der Waals surface area contributed by atoms with Crippen LogP contribution in [0.25, 0.3) is 0 Å². The summed E-state index contributed by atoms with van der Waals surface area (Å²) < 4.78 is 5.21. The van der Waals surface area contributed by atoms with Crippen LogP contribution in [0.1, 0.15) is 34.2 Å². The first-order valence-electron chi connectivity index (χ1n) is 5.23. The second-order valence-electron chi connectivity index (χ2n) is 3.68. The van der Waals surface area contributed by atoms with E-state index in [1.807, 2.05) is 13.0 Å². The van der Waals surface area contributed by atoms with E-state index in [4.69, 9.17) is 10.00 Å². The van der Waals surface area contributed by atoms with Gasteiger partial charge in [-0.3, -0.25) is 4.79 Å². The molecule has 1 heterocycles. The number of carbonyl (C=O) groups excluding carboxylic acids is 1. The number of rotatable bonds is 4. The average molecular weight is 253 g/mol. The topological polar surface area (TPSA) is 75.0 Å². The molecule has 0 saturated carbocycles. The van der Waals surface area contributed by atoms with Crippen LogP contribution in [0.4, 0.5) is 0 Å². The molecule has 0 aliphatic heterocycles. The van der Waals surface area contributed by atoms with Crippen LogP contribution in [0.2, 0.25) is 0 Å². The number of thiazole rings is 1. The highest BCUT2D eigenvalue weighted by molar-refractivity contribution is 7.13. The van der Waals surface area contributed by atoms with Crippen molar-refractivity contribution in [3.63, 3.8) is 0 Å². The van der Waals surface area contributed by atoms with Gasteiger partial charge in [0.05, 0.1) is 10.7 Å². The molecule has 6 heteroatoms. The molecule has 1 aromatic rings. The van der Waals surface area contributed by atoms with Crippen molar-refractivity contribution in [3.05, 3.63) is 15.6 Å². The highest BCUT2D eigenvalue weighted by Gasteiger charge is 2.28. The normalized spacial score (nSPS) is 13.8. The van der Waals surface area contributed by atoms with E-state index < -0.39 is 5.72 Å². The molecular formula is C11H15N3O2S. The molecule has 1 atom stereocenters. The summed E-state index contributed by atoms with van der Waals surface area (Å²) in [7, 11) is 0. The number of nitriles is 1. The van der Waals surface area contributed by atoms with Crippen molar-refractivity contribution in [2.24, 2.45) is 0 Å². The molecule has 1 unspecified atom stereocenters. The van der Waals surface area contributed by atoms with Gasteiger partial charge in [0, 0.05) is 6.61 Å². The Labute approximate surface area is 104 Å². The molecule has 1 rings (SSSR count). The molecule has 0 radical (unpaired) electrons. The minimum atomic E-state index is -1.30. The van der Waals surface area contributed by atoms with Crippen molar-refractivity contribution in [1.82, 2.24) is 10.3 Å². The number of nitrogens with one attached hydrogen (secondary N) is 1. The third-order valence-corrected chi connectivity index (χ3v) is 3.18. The largest absolute Gasteiger partial charge is 0.344 e. The number of hydrogen-bond donors (Lipinski definition) is 1. The van der Waals surface area contributed by atoms with Gasteiger partial charge in [-0.25, -0.2) is 4.98 Å². The third kappa shape index (κ3) is 3.25. The fourth-order valence-electron chi connectivity index (χ4n) is 1.40. The Bertz CT molecular complexity index is 464. The van der Waals surface area contributed by atoms with Crippen LogP contribution in [0, 0.1) is 25.2 Å². The lowest BCUT2D eigenvalue weighted by Gasteiger charge is -2.22. The van der Waals surface area contributed by atoms with Gasteiger partial charge >= 0.3 is 0 Å². The van der Waals surface area contributed by atoms with Crippen molar-refractivity contribution in [3.8, 4) is 6.07 Å². The van der Waals surface area contributed by atoms with Gasteiger partial charge in [0.2, 0.25) is 5.72 Å². The van der Waals surface area contributed by atoms with Gasteiger partial charge in [0.15, 0.2) is 0 Å². The van der Waals surface area contributed by atoms with Gasteiger partial charge < -0.3 is 10.1 Å². The summed E-state index contributed by atoms with van der Waals surface area (Å²) >= 11 is 1.30. The molecule has 0 saturated heterocycles. The second-order valence-corrected chi connectivity index (χ2v) is 4.88. The molecule has 1 aromatic heterocycles. The first kappa shape index (κ1) is 13.6. The number of nitrogens with zero attached hydrogens (tertiary/aromatic N) is 2. The van der Waals surface area contributed by atoms with Gasteiger partial charge in [-0.15, -0.1) is 11.3 Å². The van der Waals surface area contributed by atoms with E-state index in [0.29, 0.717) is 17.2 Å². The SMILES string of the molecule is CCOC(C)(C#N)NC(=O)c1sc(C)nc1C. The van der Waals surface area contributed by atoms with E-state index in [1.165, 1.54) is 18.3 Å². The third-order valence-electron chi connectivity index (χ3n) is 2.11. The fourth-order valence-corrected chi connectivity index (χ4v) is 2.22. The van der Waals surface area contributed by atoms with E-state index in [2.05, 4.69) is 10.3 Å². The lowest BCUT2D eigenvalue weighted by atomic mass is 10.2. The highest BCUT2D eigenvalue weighted by Crippen LogP contribution is 2.18. The predicted molar refractivity (Wildman–Crippen MR) is 64.7 cm³/mol. The van der Waals surface area contributed by atoms with Crippen molar-refractivity contribution >= 4 is 17.2 Å². The summed E-state index contributed by atoms with van der Waals surface area (Å²) in [6.45, 7) is 7.25. The average Bonchev–Trinajstić information content (AvgIpc) is 2.58. The van der Waals surface area contributed by atoms with Crippen molar-refractivity contribution < 1.29 is 9.53 Å². The minimum absolute atomic E-state index is 0.328. The Hall–Kier alpha value is -1.45. The van der Waals surface area contributed by atoms with Crippen molar-refractivity contribution in [2.45, 2.75) is 33.4 Å². The predicted octanol–water partition coefficient (Wildman–Crippen LogP) is 1.77. The highest BCUT2D eigenvalue weighted by atomic mass is 32.1. The zero-order valence-corrected chi connectivity index (χ0v) is 11.1. The van der Waals surface area contributed by atoms with Crippen LogP contribution in [0.15, 0.2) is 0 Å². The molecule has 0 bridgehead atoms. The van der Waals surface area contributed by atoms with Crippen LogP contribution in [0.3, 0.4) is 0 Å². The molecule has 92 valence electrons. The molecule has 0 aliphatic rings. The molecule has 5 nitrogen and oxygen atoms in total. The number of aryl methyl sites for hydroxylation is 2. The molecular weight excluding hydrogens is 238 g/mol. The van der Waals surface area contributed by atoms with E-state index in [9.17, 15) is 4.79 Å². The molecule has 0 aromatic carbocycles. The van der Waals surface area contributed by atoms with E-state index in [1.54, 1.807) is 13.8 Å². The zero-order chi connectivity index (χ0) is 13.1. The monoisotopic (exact) mass is 253 g/mol. The quantitative estimate of drug-likeness (QED) is 0.830. The molecule has 0 spiro atoms. The molecule has 1 amide bonds. The zero-order valence-electron chi connectivity index (χ0n) is 10.3. The van der Waals surface area contributed by atoms with Crippen LogP contribution < -0.4 is 5.32 Å². The maximum Gasteiger partial charge on any atom is 0.266 e. The Morgan fingerprint density at radius 1 is 1.65 bits per heavy atom. The lowest BCUT2D eigenvalue weighted by Crippen LogP contribution is -2.47. The first-order valence-corrected chi connectivity index (χ1v) is 6.05. The standard InChI is InChI=1S/C11H15N3O2S/c1-5-16-11(4,6-12)14-10(15)9-7(2)13-8(3)17-9/h5H2,1-4H3,(H,14,15). The number of amides is 1. The maximum atomic E-state index is 12.0. The molecule has 1 N–H and O–H groups in total. The smallest absolute Gasteiger partial charge is 0.266 e. The summed E-state index contributed by atoms with van der Waals surface area (Å²) in [5, 5.41) is 12.4. The number of aromatic nitrogens is 1. The summed E-state index contributed by atoms with van der Waals surface area (Å²) in [5.41, 5.74) is -0.627. The van der Waals surface area contributed by atoms with Gasteiger partial charge in [0.1, 0.15) is 10.9 Å². The van der Waals surface area contributed by atoms with Crippen LogP contribution in [-0.2, 0) is 4.74 Å². The Morgan fingerprint density at radius 2 is 2.29 bits per heavy atom. The molecule has 0 fully saturated rings. The number of hydrogen-bond acceptors (Lipinski definition) is 5.